The molecule has 0 atom stereocenters. The van der Waals surface area contributed by atoms with Crippen LogP contribution in [0.25, 0.3) is 0 Å². The van der Waals surface area contributed by atoms with E-state index in [4.69, 9.17) is 23.2 Å². The minimum absolute atomic E-state index is 0.408. The summed E-state index contributed by atoms with van der Waals surface area (Å²) in [4.78, 5) is 12.9. The maximum Gasteiger partial charge on any atom is 0.281 e. The van der Waals surface area contributed by atoms with E-state index >= 15 is 0 Å². The fourth-order valence-electron chi connectivity index (χ4n) is 3.09. The van der Waals surface area contributed by atoms with Crippen molar-refractivity contribution in [2.45, 2.75) is 37.7 Å². The Bertz CT molecular complexity index is 748. The van der Waals surface area contributed by atoms with Crippen molar-refractivity contribution < 1.29 is 9.90 Å². The molecule has 0 saturated heterocycles. The Labute approximate surface area is 162 Å². The SMILES string of the molecule is O=C(NN=C1CCCCC1)C(O)(c1ccc(Cl)cc1)c1ccc(Cl)cc1. The lowest BCUT2D eigenvalue weighted by Crippen LogP contribution is -2.44. The maximum atomic E-state index is 12.9. The lowest BCUT2D eigenvalue weighted by Gasteiger charge is -2.27. The number of nitrogens with one attached hydrogen (secondary N) is 1. The van der Waals surface area contributed by atoms with E-state index in [-0.39, 0.29) is 0 Å². The van der Waals surface area contributed by atoms with Gasteiger partial charge in [-0.2, -0.15) is 5.10 Å². The Balaban J connectivity index is 1.95. The fourth-order valence-corrected chi connectivity index (χ4v) is 3.35. The van der Waals surface area contributed by atoms with Gasteiger partial charge in [0.15, 0.2) is 5.60 Å². The Morgan fingerprint density at radius 1 is 0.885 bits per heavy atom. The van der Waals surface area contributed by atoms with E-state index in [0.717, 1.165) is 31.4 Å². The van der Waals surface area contributed by atoms with Gasteiger partial charge in [-0.05, 0) is 61.1 Å². The smallest absolute Gasteiger partial charge is 0.281 e. The van der Waals surface area contributed by atoms with Crippen LogP contribution in [0.2, 0.25) is 10.0 Å². The molecule has 1 amide bonds. The van der Waals surface area contributed by atoms with Crippen LogP contribution in [-0.2, 0) is 10.4 Å². The third-order valence-corrected chi connectivity index (χ3v) is 5.10. The van der Waals surface area contributed by atoms with Gasteiger partial charge in [0.05, 0.1) is 0 Å². The van der Waals surface area contributed by atoms with Gasteiger partial charge in [-0.15, -0.1) is 0 Å². The molecule has 1 aliphatic carbocycles. The molecule has 1 aliphatic rings. The first kappa shape index (κ1) is 18.9. The highest BCUT2D eigenvalue weighted by Crippen LogP contribution is 2.32. The normalized spacial score (nSPS) is 14.8. The zero-order valence-corrected chi connectivity index (χ0v) is 15.7. The molecule has 2 N–H and O–H groups in total. The molecule has 1 saturated carbocycles. The number of nitrogens with zero attached hydrogens (tertiary/aromatic N) is 1. The van der Waals surface area contributed by atoms with Gasteiger partial charge in [0.2, 0.25) is 0 Å². The lowest BCUT2D eigenvalue weighted by atomic mass is 9.85. The van der Waals surface area contributed by atoms with Gasteiger partial charge in [0.1, 0.15) is 0 Å². The van der Waals surface area contributed by atoms with Gasteiger partial charge in [0.25, 0.3) is 5.91 Å². The lowest BCUT2D eigenvalue weighted by molar-refractivity contribution is -0.136. The Hall–Kier alpha value is -1.88. The topological polar surface area (TPSA) is 61.7 Å². The summed E-state index contributed by atoms with van der Waals surface area (Å²) in [5, 5.41) is 16.7. The molecule has 1 fully saturated rings. The van der Waals surface area contributed by atoms with E-state index in [9.17, 15) is 9.90 Å². The second kappa shape index (κ2) is 8.21. The number of rotatable bonds is 4. The highest BCUT2D eigenvalue weighted by atomic mass is 35.5. The van der Waals surface area contributed by atoms with Crippen LogP contribution in [-0.4, -0.2) is 16.7 Å². The number of amides is 1. The van der Waals surface area contributed by atoms with Crippen molar-refractivity contribution in [2.75, 3.05) is 0 Å². The van der Waals surface area contributed by atoms with Crippen molar-refractivity contribution in [3.63, 3.8) is 0 Å². The standard InChI is InChI=1S/C20H20Cl2N2O2/c21-16-10-6-14(7-11-16)20(26,15-8-12-17(22)13-9-15)19(25)24-23-18-4-2-1-3-5-18/h6-13,26H,1-5H2,(H,24,25). The van der Waals surface area contributed by atoms with Crippen molar-refractivity contribution in [1.29, 1.82) is 0 Å². The average molecular weight is 391 g/mol. The predicted octanol–water partition coefficient (Wildman–Crippen LogP) is 4.67. The van der Waals surface area contributed by atoms with E-state index in [1.54, 1.807) is 48.5 Å². The molecule has 6 heteroatoms. The van der Waals surface area contributed by atoms with Gasteiger partial charge in [-0.1, -0.05) is 53.9 Å². The van der Waals surface area contributed by atoms with Crippen LogP contribution >= 0.6 is 23.2 Å². The summed E-state index contributed by atoms with van der Waals surface area (Å²) in [5.74, 6) is -0.611. The van der Waals surface area contributed by atoms with E-state index in [1.807, 2.05) is 0 Å². The summed E-state index contributed by atoms with van der Waals surface area (Å²) in [5.41, 5.74) is 2.43. The van der Waals surface area contributed by atoms with Crippen molar-refractivity contribution in [1.82, 2.24) is 5.43 Å². The average Bonchev–Trinajstić information content (AvgIpc) is 2.67. The quantitative estimate of drug-likeness (QED) is 0.745. The maximum absolute atomic E-state index is 12.9. The molecule has 136 valence electrons. The van der Waals surface area contributed by atoms with Gasteiger partial charge >= 0.3 is 0 Å². The fraction of sp³-hybridized carbons (Fsp3) is 0.300. The van der Waals surface area contributed by atoms with Crippen LogP contribution < -0.4 is 5.43 Å². The summed E-state index contributed by atoms with van der Waals surface area (Å²) in [6.45, 7) is 0. The second-order valence-electron chi connectivity index (χ2n) is 6.40. The number of hydrogen-bond acceptors (Lipinski definition) is 3. The van der Waals surface area contributed by atoms with Gasteiger partial charge < -0.3 is 5.11 Å². The molecule has 0 radical (unpaired) electrons. The Morgan fingerprint density at radius 2 is 1.35 bits per heavy atom. The number of aliphatic hydroxyl groups is 1. The van der Waals surface area contributed by atoms with Gasteiger partial charge in [0, 0.05) is 15.8 Å². The molecule has 0 spiro atoms. The number of benzene rings is 2. The number of hydrogen-bond donors (Lipinski definition) is 2. The Morgan fingerprint density at radius 3 is 1.81 bits per heavy atom. The van der Waals surface area contributed by atoms with E-state index in [1.165, 1.54) is 6.42 Å². The summed E-state index contributed by atoms with van der Waals surface area (Å²) in [7, 11) is 0. The molecular weight excluding hydrogens is 371 g/mol. The summed E-state index contributed by atoms with van der Waals surface area (Å²) in [6.07, 6.45) is 5.09. The first-order chi connectivity index (χ1) is 12.5. The zero-order valence-electron chi connectivity index (χ0n) is 14.2. The molecule has 0 aliphatic heterocycles. The van der Waals surface area contributed by atoms with Crippen molar-refractivity contribution in [3.8, 4) is 0 Å². The molecule has 2 aromatic rings. The van der Waals surface area contributed by atoms with Crippen molar-refractivity contribution >= 4 is 34.8 Å². The molecule has 4 nitrogen and oxygen atoms in total. The number of carbonyl (C=O) groups excluding carboxylic acids is 1. The van der Waals surface area contributed by atoms with Crippen LogP contribution in [0.15, 0.2) is 53.6 Å². The third kappa shape index (κ3) is 4.09. The molecule has 0 bridgehead atoms. The minimum atomic E-state index is -1.89. The first-order valence-electron chi connectivity index (χ1n) is 8.60. The summed E-state index contributed by atoms with van der Waals surface area (Å²) >= 11 is 11.9. The highest BCUT2D eigenvalue weighted by molar-refractivity contribution is 6.30. The minimum Gasteiger partial charge on any atom is -0.372 e. The number of carbonyl (C=O) groups is 1. The molecule has 0 aromatic heterocycles. The molecule has 3 rings (SSSR count). The van der Waals surface area contributed by atoms with E-state index in [0.29, 0.717) is 21.2 Å². The largest absolute Gasteiger partial charge is 0.372 e. The number of hydrazone groups is 1. The van der Waals surface area contributed by atoms with Crippen molar-refractivity contribution in [2.24, 2.45) is 5.10 Å². The highest BCUT2D eigenvalue weighted by Gasteiger charge is 2.40. The predicted molar refractivity (Wildman–Crippen MR) is 105 cm³/mol. The van der Waals surface area contributed by atoms with E-state index < -0.39 is 11.5 Å². The van der Waals surface area contributed by atoms with Gasteiger partial charge in [-0.25, -0.2) is 5.43 Å². The van der Waals surface area contributed by atoms with Gasteiger partial charge in [-0.3, -0.25) is 4.79 Å². The van der Waals surface area contributed by atoms with Crippen molar-refractivity contribution in [3.05, 3.63) is 69.7 Å². The second-order valence-corrected chi connectivity index (χ2v) is 7.28. The summed E-state index contributed by atoms with van der Waals surface area (Å²) < 4.78 is 0. The van der Waals surface area contributed by atoms with Crippen LogP contribution in [0.3, 0.4) is 0 Å². The molecule has 2 aromatic carbocycles. The van der Waals surface area contributed by atoms with Crippen LogP contribution in [0, 0.1) is 0 Å². The van der Waals surface area contributed by atoms with Crippen LogP contribution in [0.1, 0.15) is 43.2 Å². The molecule has 0 heterocycles. The van der Waals surface area contributed by atoms with E-state index in [2.05, 4.69) is 10.5 Å². The Kier molecular flexibility index (Phi) is 5.97. The molecular formula is C20H20Cl2N2O2. The first-order valence-corrected chi connectivity index (χ1v) is 9.36. The van der Waals surface area contributed by atoms with Crippen LogP contribution in [0.4, 0.5) is 0 Å². The monoisotopic (exact) mass is 390 g/mol. The summed E-state index contributed by atoms with van der Waals surface area (Å²) in [6, 6.07) is 13.1. The third-order valence-electron chi connectivity index (χ3n) is 4.60. The molecule has 0 unspecified atom stereocenters. The number of halogens is 2. The van der Waals surface area contributed by atoms with Crippen LogP contribution in [0.5, 0.6) is 0 Å². The molecule has 26 heavy (non-hydrogen) atoms. The zero-order chi connectivity index (χ0) is 18.6.